The van der Waals surface area contributed by atoms with Crippen molar-refractivity contribution in [3.8, 4) is 6.07 Å². The van der Waals surface area contributed by atoms with Crippen LogP contribution in [0.4, 0.5) is 13.6 Å². The molecule has 0 bridgehead atoms. The molecule has 3 heterocycles. The van der Waals surface area contributed by atoms with Crippen LogP contribution in [0.25, 0.3) is 11.0 Å². The third-order valence-corrected chi connectivity index (χ3v) is 7.39. The molecule has 14 heteroatoms. The second kappa shape index (κ2) is 12.6. The number of hydrogen-bond donors (Lipinski definition) is 3. The maximum Gasteiger partial charge on any atom is 0.475 e. The maximum absolute atomic E-state index is 13.8. The van der Waals surface area contributed by atoms with E-state index in [1.54, 1.807) is 26.0 Å². The Bertz CT molecular complexity index is 1330. The minimum absolute atomic E-state index is 0.0343. The lowest BCUT2D eigenvalue weighted by Crippen LogP contribution is -2.53. The minimum atomic E-state index is -2.83. The Morgan fingerprint density at radius 1 is 1.34 bits per heavy atom. The van der Waals surface area contributed by atoms with Crippen LogP contribution in [-0.4, -0.2) is 102 Å². The largest absolute Gasteiger partial charge is 0.475 e. The molecule has 11 nitrogen and oxygen atoms in total. The number of benzene rings is 1. The van der Waals surface area contributed by atoms with E-state index in [-0.39, 0.29) is 51.3 Å². The van der Waals surface area contributed by atoms with Crippen LogP contribution in [-0.2, 0) is 20.7 Å². The van der Waals surface area contributed by atoms with Gasteiger partial charge in [0.05, 0.1) is 38.0 Å². The number of nitrogens with zero attached hydrogens (tertiary/aromatic N) is 3. The highest BCUT2D eigenvalue weighted by Gasteiger charge is 2.43. The van der Waals surface area contributed by atoms with Crippen LogP contribution in [0.5, 0.6) is 0 Å². The van der Waals surface area contributed by atoms with Gasteiger partial charge in [-0.2, -0.15) is 5.26 Å². The molecule has 0 unspecified atom stereocenters. The first kappa shape index (κ1) is 30.5. The van der Waals surface area contributed by atoms with Gasteiger partial charge in [0, 0.05) is 30.4 Å². The quantitative estimate of drug-likeness (QED) is 0.232. The second-order valence-corrected chi connectivity index (χ2v) is 10.8. The van der Waals surface area contributed by atoms with Crippen molar-refractivity contribution in [1.29, 1.82) is 5.26 Å². The molecular formula is C27H33BF2N4O7. The molecule has 1 aromatic carbocycles. The summed E-state index contributed by atoms with van der Waals surface area (Å²) >= 11 is 0. The van der Waals surface area contributed by atoms with Gasteiger partial charge in [-0.15, -0.1) is 0 Å². The van der Waals surface area contributed by atoms with Gasteiger partial charge in [-0.3, -0.25) is 9.69 Å². The Hall–Kier alpha value is -3.51. The van der Waals surface area contributed by atoms with Crippen molar-refractivity contribution in [3.63, 3.8) is 0 Å². The van der Waals surface area contributed by atoms with Gasteiger partial charge in [-0.05, 0) is 38.0 Å². The summed E-state index contributed by atoms with van der Waals surface area (Å²) in [7, 11) is -1.89. The molecule has 3 N–H and O–H groups in total. The van der Waals surface area contributed by atoms with Crippen molar-refractivity contribution in [2.45, 2.75) is 50.1 Å². The van der Waals surface area contributed by atoms with Crippen molar-refractivity contribution >= 4 is 30.1 Å². The Kier molecular flexibility index (Phi) is 9.33. The lowest BCUT2D eigenvalue weighted by Gasteiger charge is -2.36. The average Bonchev–Trinajstić information content (AvgIpc) is 3.53. The fourth-order valence-corrected chi connectivity index (χ4v) is 5.05. The van der Waals surface area contributed by atoms with E-state index in [1.165, 1.54) is 22.1 Å². The molecule has 1 aromatic heterocycles. The summed E-state index contributed by atoms with van der Waals surface area (Å²) in [6.45, 7) is 3.07. The van der Waals surface area contributed by atoms with E-state index in [4.69, 9.17) is 13.9 Å². The second-order valence-electron chi connectivity index (χ2n) is 10.8. The molecule has 2 fully saturated rings. The Labute approximate surface area is 236 Å². The summed E-state index contributed by atoms with van der Waals surface area (Å²) in [4.78, 5) is 28.8. The summed E-state index contributed by atoms with van der Waals surface area (Å²) in [5.41, 5.74) is 0.0929. The summed E-state index contributed by atoms with van der Waals surface area (Å²) < 4.78 is 43.8. The third kappa shape index (κ3) is 7.42. The summed E-state index contributed by atoms with van der Waals surface area (Å²) in [6.07, 6.45) is 1.69. The summed E-state index contributed by atoms with van der Waals surface area (Å²) in [5, 5.41) is 32.7. The number of alkyl halides is 2. The Morgan fingerprint density at radius 3 is 2.78 bits per heavy atom. The minimum Gasteiger partial charge on any atom is -0.464 e. The highest BCUT2D eigenvalue weighted by molar-refractivity contribution is 6.43. The van der Waals surface area contributed by atoms with Crippen LogP contribution in [0.3, 0.4) is 0 Å². The molecule has 2 aromatic rings. The molecule has 2 aliphatic rings. The molecule has 0 radical (unpaired) electrons. The number of rotatable bonds is 9. The average molecular weight is 574 g/mol. The number of likely N-dealkylation sites (tertiary alicyclic amines) is 1. The first-order chi connectivity index (χ1) is 19.4. The smallest absolute Gasteiger partial charge is 0.464 e. The van der Waals surface area contributed by atoms with E-state index in [0.29, 0.717) is 11.1 Å². The first-order valence-corrected chi connectivity index (χ1v) is 13.3. The number of hydrogen-bond acceptors (Lipinski definition) is 9. The summed E-state index contributed by atoms with van der Waals surface area (Å²) in [5.74, 6) is -4.57. The zero-order chi connectivity index (χ0) is 29.8. The predicted molar refractivity (Wildman–Crippen MR) is 144 cm³/mol. The number of fused-ring (bicyclic) bond motifs is 1. The number of para-hydroxylation sites is 1. The van der Waals surface area contributed by atoms with Gasteiger partial charge in [-0.1, -0.05) is 18.2 Å². The molecule has 0 spiro atoms. The molecular weight excluding hydrogens is 541 g/mol. The van der Waals surface area contributed by atoms with Gasteiger partial charge in [0.2, 0.25) is 0 Å². The number of morpholine rings is 1. The number of alkyl carbamates (subject to hydrolysis) is 1. The number of amides is 2. The van der Waals surface area contributed by atoms with E-state index in [9.17, 15) is 33.7 Å². The number of nitrogens with one attached hydrogen (secondary N) is 1. The van der Waals surface area contributed by atoms with E-state index in [2.05, 4.69) is 5.32 Å². The normalized spacial score (nSPS) is 20.5. The zero-order valence-electron chi connectivity index (χ0n) is 22.9. The van der Waals surface area contributed by atoms with Crippen LogP contribution < -0.4 is 5.32 Å². The van der Waals surface area contributed by atoms with Gasteiger partial charge < -0.3 is 34.2 Å². The number of nitriles is 1. The Balaban J connectivity index is 1.38. The third-order valence-electron chi connectivity index (χ3n) is 7.39. The molecule has 4 rings (SSSR count). The Morgan fingerprint density at radius 2 is 2.10 bits per heavy atom. The van der Waals surface area contributed by atoms with Gasteiger partial charge >= 0.3 is 13.2 Å². The van der Waals surface area contributed by atoms with Gasteiger partial charge in [-0.25, -0.2) is 13.6 Å². The monoisotopic (exact) mass is 574 g/mol. The fourth-order valence-electron chi connectivity index (χ4n) is 5.05. The lowest BCUT2D eigenvalue weighted by atomic mass is 9.76. The standard InChI is InChI=1S/C27H33BF2N4O7/c1-26(2,33-8-7-27(29,30)17-33)12-19(13-31)24(35)34-9-10-39-15-20(34)16-41-25(36)32-23(28(37)38)11-18-14-40-22-6-4-3-5-21(18)22/h3-6,12,14,20,23,37-38H,7-11,15-17H2,1-2H3,(H,32,36)/b19-12+/t20-,23+/m1/s1. The molecule has 0 aliphatic carbocycles. The van der Waals surface area contributed by atoms with Gasteiger partial charge in [0.1, 0.15) is 23.8 Å². The lowest BCUT2D eigenvalue weighted by molar-refractivity contribution is -0.137. The molecule has 0 saturated carbocycles. The summed E-state index contributed by atoms with van der Waals surface area (Å²) in [6, 6.07) is 8.35. The molecule has 2 saturated heterocycles. The molecule has 41 heavy (non-hydrogen) atoms. The van der Waals surface area contributed by atoms with E-state index < -0.39 is 49.1 Å². The van der Waals surface area contributed by atoms with Crippen molar-refractivity contribution in [2.24, 2.45) is 0 Å². The number of carbonyl (C=O) groups is 2. The van der Waals surface area contributed by atoms with Crippen molar-refractivity contribution < 1.29 is 42.3 Å². The number of ether oxygens (including phenoxy) is 2. The maximum atomic E-state index is 13.8. The number of halogens is 2. The molecule has 2 atom stereocenters. The molecule has 220 valence electrons. The van der Waals surface area contributed by atoms with E-state index in [1.807, 2.05) is 18.2 Å². The van der Waals surface area contributed by atoms with Crippen LogP contribution in [0.1, 0.15) is 25.8 Å². The first-order valence-electron chi connectivity index (χ1n) is 13.3. The van der Waals surface area contributed by atoms with Gasteiger partial charge in [0.25, 0.3) is 11.8 Å². The van der Waals surface area contributed by atoms with Crippen molar-refractivity contribution in [3.05, 3.63) is 47.7 Å². The SMILES string of the molecule is CC(C)(/C=C(\C#N)C(=O)N1CCOC[C@@H]1COC(=O)N[C@@H](Cc1coc2ccccc12)B(O)O)N1CCC(F)(F)C1. The molecule has 2 amide bonds. The number of furan rings is 1. The van der Waals surface area contributed by atoms with E-state index >= 15 is 0 Å². The number of carbonyl (C=O) groups excluding carboxylic acids is 2. The fraction of sp³-hybridized carbons (Fsp3) is 0.519. The van der Waals surface area contributed by atoms with Gasteiger partial charge in [0.15, 0.2) is 0 Å². The highest BCUT2D eigenvalue weighted by atomic mass is 19.3. The van der Waals surface area contributed by atoms with Crippen LogP contribution in [0, 0.1) is 11.3 Å². The highest BCUT2D eigenvalue weighted by Crippen LogP contribution is 2.33. The predicted octanol–water partition coefficient (Wildman–Crippen LogP) is 1.88. The zero-order valence-corrected chi connectivity index (χ0v) is 22.9. The van der Waals surface area contributed by atoms with Crippen LogP contribution in [0.15, 0.2) is 46.6 Å². The van der Waals surface area contributed by atoms with Crippen molar-refractivity contribution in [1.82, 2.24) is 15.1 Å². The van der Waals surface area contributed by atoms with Crippen LogP contribution in [0.2, 0.25) is 0 Å². The van der Waals surface area contributed by atoms with Crippen molar-refractivity contribution in [2.75, 3.05) is 39.5 Å². The molecule has 2 aliphatic heterocycles. The van der Waals surface area contributed by atoms with Crippen LogP contribution >= 0.6 is 0 Å². The van der Waals surface area contributed by atoms with E-state index in [0.717, 1.165) is 5.39 Å². The topological polar surface area (TPSA) is 148 Å².